The first-order chi connectivity index (χ1) is 17.5. The van der Waals surface area contributed by atoms with Crippen molar-refractivity contribution in [3.05, 3.63) is 96.1 Å². The molecule has 8 heteroatoms. The number of para-hydroxylation sites is 2. The summed E-state index contributed by atoms with van der Waals surface area (Å²) < 4.78 is 5.24. The third-order valence-corrected chi connectivity index (χ3v) is 5.41. The smallest absolute Gasteiger partial charge is 0.305 e. The Labute approximate surface area is 216 Å². The lowest BCUT2D eigenvalue weighted by molar-refractivity contribution is -0.143. The van der Waals surface area contributed by atoms with E-state index in [0.29, 0.717) is 30.0 Å². The van der Waals surface area contributed by atoms with Gasteiger partial charge < -0.3 is 20.7 Å². The summed E-state index contributed by atoms with van der Waals surface area (Å²) in [5.41, 5.74) is 2.72. The molecular weight excluding hydrogens is 474 g/mol. The quantitative estimate of drug-likeness (QED) is 0.191. The van der Waals surface area contributed by atoms with Crippen LogP contribution in [0.4, 0.5) is 11.4 Å². The van der Waals surface area contributed by atoms with Crippen LogP contribution in [0.15, 0.2) is 84.9 Å². The molecule has 3 aromatic carbocycles. The summed E-state index contributed by atoms with van der Waals surface area (Å²) in [5, 5.41) is 8.39. The summed E-state index contributed by atoms with van der Waals surface area (Å²) in [4.78, 5) is 36.8. The van der Waals surface area contributed by atoms with Gasteiger partial charge in [-0.1, -0.05) is 60.7 Å². The zero-order chi connectivity index (χ0) is 25.6. The van der Waals surface area contributed by atoms with Crippen LogP contribution in [0.1, 0.15) is 41.6 Å². The van der Waals surface area contributed by atoms with Crippen LogP contribution in [0, 0.1) is 0 Å². The number of carbonyl (C=O) groups excluding carboxylic acids is 3. The van der Waals surface area contributed by atoms with Gasteiger partial charge in [0.1, 0.15) is 0 Å². The van der Waals surface area contributed by atoms with Crippen molar-refractivity contribution in [1.82, 2.24) is 5.32 Å². The molecule has 0 spiro atoms. The molecule has 3 aromatic rings. The number of ether oxygens (including phenoxy) is 1. The standard InChI is InChI=1S/C28H29N3O4S/c32-25(18-9-19-26(33)35-20-10-13-21-11-3-1-4-12-21)31-28(36)30-24-17-8-7-16-23(24)27(34)29-22-14-5-2-6-15-22/h1-8,11-12,14-17H,9-10,13,18-20H2,(H,29,34)(H2,30,31,32,36). The molecule has 3 N–H and O–H groups in total. The van der Waals surface area contributed by atoms with E-state index in [1.807, 2.05) is 48.5 Å². The van der Waals surface area contributed by atoms with Crippen molar-refractivity contribution in [2.75, 3.05) is 17.2 Å². The summed E-state index contributed by atoms with van der Waals surface area (Å²) >= 11 is 5.23. The average molecular weight is 504 g/mol. The summed E-state index contributed by atoms with van der Waals surface area (Å²) in [7, 11) is 0. The van der Waals surface area contributed by atoms with E-state index in [1.165, 1.54) is 5.56 Å². The van der Waals surface area contributed by atoms with Gasteiger partial charge in [0.05, 0.1) is 17.9 Å². The maximum Gasteiger partial charge on any atom is 0.305 e. The Bertz CT molecular complexity index is 1170. The second-order valence-corrected chi connectivity index (χ2v) is 8.44. The van der Waals surface area contributed by atoms with E-state index in [9.17, 15) is 14.4 Å². The molecule has 0 atom stereocenters. The van der Waals surface area contributed by atoms with Crippen molar-refractivity contribution in [2.45, 2.75) is 32.1 Å². The maximum absolute atomic E-state index is 12.7. The second-order valence-electron chi connectivity index (χ2n) is 8.03. The molecule has 0 aliphatic carbocycles. The van der Waals surface area contributed by atoms with Crippen LogP contribution >= 0.6 is 12.2 Å². The zero-order valence-corrected chi connectivity index (χ0v) is 20.7. The first kappa shape index (κ1) is 26.6. The van der Waals surface area contributed by atoms with E-state index in [4.69, 9.17) is 17.0 Å². The van der Waals surface area contributed by atoms with Crippen molar-refractivity contribution in [3.63, 3.8) is 0 Å². The highest BCUT2D eigenvalue weighted by molar-refractivity contribution is 7.80. The predicted octanol–water partition coefficient (Wildman–Crippen LogP) is 5.10. The minimum absolute atomic E-state index is 0.0726. The van der Waals surface area contributed by atoms with Crippen LogP contribution in [-0.2, 0) is 20.7 Å². The van der Waals surface area contributed by atoms with Crippen LogP contribution in [0.3, 0.4) is 0 Å². The van der Waals surface area contributed by atoms with Crippen molar-refractivity contribution in [3.8, 4) is 0 Å². The summed E-state index contributed by atoms with van der Waals surface area (Å²) in [6.45, 7) is 0.352. The van der Waals surface area contributed by atoms with Crippen molar-refractivity contribution in [2.24, 2.45) is 0 Å². The molecule has 0 fully saturated rings. The van der Waals surface area contributed by atoms with Crippen molar-refractivity contribution in [1.29, 1.82) is 0 Å². The average Bonchev–Trinajstić information content (AvgIpc) is 2.88. The van der Waals surface area contributed by atoms with Gasteiger partial charge in [0, 0.05) is 18.5 Å². The molecule has 0 aliphatic heterocycles. The number of hydrogen-bond donors (Lipinski definition) is 3. The number of carbonyl (C=O) groups is 3. The molecule has 0 saturated carbocycles. The van der Waals surface area contributed by atoms with Gasteiger partial charge in [-0.25, -0.2) is 0 Å². The third kappa shape index (κ3) is 9.31. The largest absolute Gasteiger partial charge is 0.466 e. The highest BCUT2D eigenvalue weighted by Gasteiger charge is 2.13. The Morgan fingerprint density at radius 1 is 0.750 bits per heavy atom. The van der Waals surface area contributed by atoms with Gasteiger partial charge >= 0.3 is 5.97 Å². The molecule has 0 radical (unpaired) electrons. The number of nitrogens with one attached hydrogen (secondary N) is 3. The van der Waals surface area contributed by atoms with E-state index >= 15 is 0 Å². The normalized spacial score (nSPS) is 10.2. The van der Waals surface area contributed by atoms with Gasteiger partial charge in [-0.05, 0) is 61.3 Å². The molecule has 0 unspecified atom stereocenters. The molecule has 186 valence electrons. The Balaban J connectivity index is 1.36. The van der Waals surface area contributed by atoms with Crippen LogP contribution in [0.25, 0.3) is 0 Å². The molecule has 2 amide bonds. The summed E-state index contributed by atoms with van der Waals surface area (Å²) in [6.07, 6.45) is 2.22. The number of hydrogen-bond acceptors (Lipinski definition) is 5. The number of amides is 2. The number of aryl methyl sites for hydroxylation is 1. The van der Waals surface area contributed by atoms with Crippen molar-refractivity contribution >= 4 is 46.5 Å². The minimum atomic E-state index is -0.324. The van der Waals surface area contributed by atoms with Crippen LogP contribution < -0.4 is 16.0 Å². The van der Waals surface area contributed by atoms with E-state index in [1.54, 1.807) is 36.4 Å². The Morgan fingerprint density at radius 3 is 2.17 bits per heavy atom. The summed E-state index contributed by atoms with van der Waals surface area (Å²) in [5.74, 6) is -0.953. The monoisotopic (exact) mass is 503 g/mol. The molecule has 0 heterocycles. The number of anilines is 2. The van der Waals surface area contributed by atoms with E-state index < -0.39 is 0 Å². The van der Waals surface area contributed by atoms with Crippen LogP contribution in [0.5, 0.6) is 0 Å². The fraction of sp³-hybridized carbons (Fsp3) is 0.214. The van der Waals surface area contributed by atoms with Gasteiger partial charge in [-0.3, -0.25) is 14.4 Å². The maximum atomic E-state index is 12.7. The highest BCUT2D eigenvalue weighted by atomic mass is 32.1. The number of benzene rings is 3. The van der Waals surface area contributed by atoms with Gasteiger partial charge in [0.15, 0.2) is 5.11 Å². The lowest BCUT2D eigenvalue weighted by Gasteiger charge is -2.13. The van der Waals surface area contributed by atoms with Gasteiger partial charge in [-0.15, -0.1) is 0 Å². The Hall–Kier alpha value is -4.04. The van der Waals surface area contributed by atoms with Gasteiger partial charge in [0.25, 0.3) is 5.91 Å². The van der Waals surface area contributed by atoms with Gasteiger partial charge in [-0.2, -0.15) is 0 Å². The number of thiocarbonyl (C=S) groups is 1. The zero-order valence-electron chi connectivity index (χ0n) is 19.9. The summed E-state index contributed by atoms with van der Waals surface area (Å²) in [6, 6.07) is 26.0. The van der Waals surface area contributed by atoms with Crippen LogP contribution in [0.2, 0.25) is 0 Å². The molecule has 0 aromatic heterocycles. The molecule has 0 saturated heterocycles. The first-order valence-corrected chi connectivity index (χ1v) is 12.2. The SMILES string of the molecule is O=C(CCCC(=O)OCCCc1ccccc1)NC(=S)Nc1ccccc1C(=O)Nc1ccccc1. The lowest BCUT2D eigenvalue weighted by Crippen LogP contribution is -2.34. The minimum Gasteiger partial charge on any atom is -0.466 e. The van der Waals surface area contributed by atoms with Crippen molar-refractivity contribution < 1.29 is 19.1 Å². The fourth-order valence-corrected chi connectivity index (χ4v) is 3.65. The fourth-order valence-electron chi connectivity index (χ4n) is 3.43. The number of rotatable bonds is 11. The Morgan fingerprint density at radius 2 is 1.42 bits per heavy atom. The van der Waals surface area contributed by atoms with E-state index in [2.05, 4.69) is 16.0 Å². The molecular formula is C28H29N3O4S. The first-order valence-electron chi connectivity index (χ1n) is 11.8. The van der Waals surface area contributed by atoms with E-state index in [0.717, 1.165) is 12.8 Å². The molecule has 7 nitrogen and oxygen atoms in total. The predicted molar refractivity (Wildman–Crippen MR) is 145 cm³/mol. The van der Waals surface area contributed by atoms with Crippen LogP contribution in [-0.4, -0.2) is 29.5 Å². The highest BCUT2D eigenvalue weighted by Crippen LogP contribution is 2.17. The molecule has 36 heavy (non-hydrogen) atoms. The molecule has 0 aliphatic rings. The Kier molecular flexibility index (Phi) is 10.6. The topological polar surface area (TPSA) is 96.5 Å². The number of esters is 1. The third-order valence-electron chi connectivity index (χ3n) is 5.20. The van der Waals surface area contributed by atoms with E-state index in [-0.39, 0.29) is 35.7 Å². The second kappa shape index (κ2) is 14.4. The molecule has 0 bridgehead atoms. The van der Waals surface area contributed by atoms with Gasteiger partial charge in [0.2, 0.25) is 5.91 Å². The lowest BCUT2D eigenvalue weighted by atomic mass is 10.1. The molecule has 3 rings (SSSR count).